The summed E-state index contributed by atoms with van der Waals surface area (Å²) < 4.78 is 15.6. The Bertz CT molecular complexity index is 153. The van der Waals surface area contributed by atoms with Gasteiger partial charge in [-0.2, -0.15) is 4.08 Å². The van der Waals surface area contributed by atoms with Crippen LogP contribution in [-0.4, -0.2) is 16.8 Å². The topological polar surface area (TPSA) is 46.6 Å². The molecule has 0 aliphatic carbocycles. The summed E-state index contributed by atoms with van der Waals surface area (Å²) in [5.41, 5.74) is 0. The van der Waals surface area contributed by atoms with E-state index >= 15 is 0 Å². The first-order chi connectivity index (χ1) is 4.59. The van der Waals surface area contributed by atoms with Gasteiger partial charge in [0.25, 0.3) is 0 Å². The maximum absolute atomic E-state index is 10.6. The molecule has 0 radical (unpaired) electrons. The summed E-state index contributed by atoms with van der Waals surface area (Å²) in [6.45, 7) is 1.88. The molecule has 1 atom stereocenters. The maximum Gasteiger partial charge on any atom is 0.425 e. The van der Waals surface area contributed by atoms with Crippen molar-refractivity contribution >= 4 is 38.3 Å². The molecule has 0 N–H and O–H groups in total. The summed E-state index contributed by atoms with van der Waals surface area (Å²) in [4.78, 5) is 10.6. The van der Waals surface area contributed by atoms with Gasteiger partial charge in [-0.05, 0) is 6.92 Å². The normalized spacial score (nSPS) is 12.3. The molecule has 0 aromatic heterocycles. The van der Waals surface area contributed by atoms with Gasteiger partial charge >= 0.3 is 6.09 Å². The highest BCUT2D eigenvalue weighted by molar-refractivity contribution is 8.41. The Balaban J connectivity index is 3.82. The number of carbonyl (C=O) groups excluding carboxylic acids is 1. The van der Waals surface area contributed by atoms with Gasteiger partial charge in [0.05, 0.1) is 6.61 Å². The summed E-state index contributed by atoms with van der Waals surface area (Å²) in [6.07, 6.45) is -0.732. The zero-order valence-electron chi connectivity index (χ0n) is 5.27. The van der Waals surface area contributed by atoms with E-state index in [4.69, 9.17) is 0 Å². The number of ether oxygens (including phenoxy) is 1. The molecule has 0 aliphatic heterocycles. The van der Waals surface area contributed by atoms with E-state index in [1.807, 2.05) is 0 Å². The van der Waals surface area contributed by atoms with Crippen LogP contribution in [-0.2, 0) is 9.30 Å². The molecule has 1 unspecified atom stereocenters. The fraction of sp³-hybridized carbons (Fsp3) is 0.667. The maximum atomic E-state index is 10.6. The Morgan fingerprint density at radius 1 is 1.80 bits per heavy atom. The number of nitrogens with zero attached hydrogens (tertiary/aromatic N) is 1. The minimum atomic E-state index is -2.37. The van der Waals surface area contributed by atoms with Crippen molar-refractivity contribution in [1.29, 1.82) is 0 Å². The number of hydrogen-bond acceptors (Lipinski definition) is 4. The van der Waals surface area contributed by atoms with Gasteiger partial charge < -0.3 is 4.74 Å². The van der Waals surface area contributed by atoms with E-state index in [0.717, 1.165) is 0 Å². The van der Waals surface area contributed by atoms with Crippen molar-refractivity contribution in [3.05, 3.63) is 0 Å². The lowest BCUT2D eigenvalue weighted by Gasteiger charge is -2.09. The van der Waals surface area contributed by atoms with Gasteiger partial charge in [0.2, 0.25) is 7.15 Å². The van der Waals surface area contributed by atoms with Crippen LogP contribution in [0, 0.1) is 0 Å². The molecule has 10 heavy (non-hydrogen) atoms. The molecule has 0 bridgehead atoms. The van der Waals surface area contributed by atoms with Crippen molar-refractivity contribution in [1.82, 2.24) is 4.08 Å². The van der Waals surface area contributed by atoms with Crippen LogP contribution in [0.15, 0.2) is 0 Å². The molecule has 0 saturated heterocycles. The monoisotopic (exact) mass is 201 g/mol. The Kier molecular flexibility index (Phi) is 5.03. The third-order valence-electron chi connectivity index (χ3n) is 0.622. The predicted molar refractivity (Wildman–Crippen MR) is 45.8 cm³/mol. The van der Waals surface area contributed by atoms with Crippen LogP contribution >= 0.6 is 32.2 Å². The van der Waals surface area contributed by atoms with E-state index in [2.05, 4.69) is 29.8 Å². The van der Waals surface area contributed by atoms with Crippen molar-refractivity contribution in [2.45, 2.75) is 6.92 Å². The molecular weight excluding hydrogens is 193 g/mol. The van der Waals surface area contributed by atoms with Crippen molar-refractivity contribution < 1.29 is 14.1 Å². The molecule has 0 saturated carbocycles. The average Bonchev–Trinajstić information content (AvgIpc) is 1.87. The second-order valence-corrected chi connectivity index (χ2v) is 4.23. The van der Waals surface area contributed by atoms with Gasteiger partial charge in [-0.1, -0.05) is 25.1 Å². The van der Waals surface area contributed by atoms with E-state index in [9.17, 15) is 9.36 Å². The van der Waals surface area contributed by atoms with Gasteiger partial charge in [0, 0.05) is 0 Å². The second kappa shape index (κ2) is 4.93. The zero-order chi connectivity index (χ0) is 8.15. The molecule has 60 valence electrons. The molecule has 0 aromatic carbocycles. The minimum Gasteiger partial charge on any atom is -0.449 e. The summed E-state index contributed by atoms with van der Waals surface area (Å²) >= 11 is 7.09. The lowest BCUT2D eigenvalue weighted by atomic mass is 10.9. The van der Waals surface area contributed by atoms with Gasteiger partial charge in [-0.15, -0.1) is 0 Å². The molecule has 0 fully saturated rings. The van der Waals surface area contributed by atoms with E-state index in [1.165, 1.54) is 0 Å². The van der Waals surface area contributed by atoms with Gasteiger partial charge in [-0.3, -0.25) is 4.57 Å². The number of hydrogen-bond donors (Lipinski definition) is 2. The first kappa shape index (κ1) is 10.2. The quantitative estimate of drug-likeness (QED) is 0.527. The molecule has 1 amide bonds. The SMILES string of the molecule is CCOC(=O)N(S)[PH](=O)S. The third kappa shape index (κ3) is 3.39. The van der Waals surface area contributed by atoms with Crippen molar-refractivity contribution in [3.8, 4) is 0 Å². The van der Waals surface area contributed by atoms with E-state index in [1.54, 1.807) is 6.92 Å². The summed E-state index contributed by atoms with van der Waals surface area (Å²) in [7, 11) is -2.37. The van der Waals surface area contributed by atoms with E-state index in [0.29, 0.717) is 4.08 Å². The molecule has 0 spiro atoms. The molecule has 0 heterocycles. The molecule has 0 rings (SSSR count). The van der Waals surface area contributed by atoms with Crippen LogP contribution in [0.25, 0.3) is 0 Å². The number of carbonyl (C=O) groups is 1. The Labute approximate surface area is 70.5 Å². The first-order valence-corrected chi connectivity index (χ1v) is 5.52. The first-order valence-electron chi connectivity index (χ1n) is 2.48. The van der Waals surface area contributed by atoms with E-state index in [-0.39, 0.29) is 6.61 Å². The minimum absolute atomic E-state index is 0.235. The number of thiol groups is 2. The van der Waals surface area contributed by atoms with Gasteiger partial charge in [-0.25, -0.2) is 4.79 Å². The number of rotatable bonds is 2. The smallest absolute Gasteiger partial charge is 0.425 e. The van der Waals surface area contributed by atoms with Crippen molar-refractivity contribution in [2.24, 2.45) is 0 Å². The van der Waals surface area contributed by atoms with Crippen molar-refractivity contribution in [3.63, 3.8) is 0 Å². The highest BCUT2D eigenvalue weighted by Gasteiger charge is 2.12. The summed E-state index contributed by atoms with van der Waals surface area (Å²) in [5.74, 6) is 0. The average molecular weight is 201 g/mol. The molecular formula is C3H8NO3PS2. The second-order valence-electron chi connectivity index (χ2n) is 1.29. The van der Waals surface area contributed by atoms with Gasteiger partial charge in [0.1, 0.15) is 0 Å². The van der Waals surface area contributed by atoms with Crippen LogP contribution < -0.4 is 0 Å². The Morgan fingerprint density at radius 2 is 2.30 bits per heavy atom. The molecule has 0 aromatic rings. The van der Waals surface area contributed by atoms with Gasteiger partial charge in [0.15, 0.2) is 0 Å². The predicted octanol–water partition coefficient (Wildman–Crippen LogP) is 1.61. The Morgan fingerprint density at radius 3 is 2.60 bits per heavy atom. The third-order valence-corrected chi connectivity index (χ3v) is 2.95. The zero-order valence-corrected chi connectivity index (χ0v) is 8.06. The summed E-state index contributed by atoms with van der Waals surface area (Å²) in [6, 6.07) is 0. The molecule has 4 nitrogen and oxygen atoms in total. The fourth-order valence-corrected chi connectivity index (χ4v) is 0.786. The standard InChI is InChI=1S/C3H8NO3PS2/c1-2-7-3(5)4(9)8(6)10/h8-9H,2H2,1H3,(H,6,10). The summed E-state index contributed by atoms with van der Waals surface area (Å²) in [5, 5.41) is 0. The lowest BCUT2D eigenvalue weighted by Crippen LogP contribution is -2.14. The van der Waals surface area contributed by atoms with Crippen LogP contribution in [0.2, 0.25) is 0 Å². The lowest BCUT2D eigenvalue weighted by molar-refractivity contribution is 0.147. The number of amides is 1. The van der Waals surface area contributed by atoms with Crippen LogP contribution in [0.5, 0.6) is 0 Å². The highest BCUT2D eigenvalue weighted by atomic mass is 32.7. The van der Waals surface area contributed by atoms with Crippen molar-refractivity contribution in [2.75, 3.05) is 6.61 Å². The van der Waals surface area contributed by atoms with Crippen LogP contribution in [0.4, 0.5) is 4.79 Å². The molecule has 7 heteroatoms. The van der Waals surface area contributed by atoms with Crippen LogP contribution in [0.1, 0.15) is 6.92 Å². The fourth-order valence-electron chi connectivity index (χ4n) is 0.263. The highest BCUT2D eigenvalue weighted by Crippen LogP contribution is 2.33. The van der Waals surface area contributed by atoms with Crippen LogP contribution in [0.3, 0.4) is 0 Å². The molecule has 0 aliphatic rings. The Hall–Kier alpha value is 0.200. The largest absolute Gasteiger partial charge is 0.449 e. The van der Waals surface area contributed by atoms with E-state index < -0.39 is 13.2 Å².